The number of allylic oxidation sites excluding steroid dienone is 3. The summed E-state index contributed by atoms with van der Waals surface area (Å²) in [5.41, 5.74) is 1.67. The van der Waals surface area contributed by atoms with E-state index in [-0.39, 0.29) is 54.9 Å². The Balaban J connectivity index is 2.05. The molecule has 0 radical (unpaired) electrons. The summed E-state index contributed by atoms with van der Waals surface area (Å²) in [4.78, 5) is 69.8. The number of ether oxygens (including phenoxy) is 4. The highest BCUT2D eigenvalue weighted by molar-refractivity contribution is 6.63. The van der Waals surface area contributed by atoms with Crippen LogP contribution in [0.3, 0.4) is 0 Å². The first kappa shape index (κ1) is 47.9. The smallest absolute Gasteiger partial charge is 0.329 e. The van der Waals surface area contributed by atoms with Crippen LogP contribution in [0.5, 0.6) is 0 Å². The van der Waals surface area contributed by atoms with Gasteiger partial charge in [0.2, 0.25) is 5.78 Å². The average Bonchev–Trinajstić information content (AvgIpc) is 3.18. The van der Waals surface area contributed by atoms with E-state index in [1.807, 2.05) is 39.8 Å². The molecule has 3 aliphatic rings. The second kappa shape index (κ2) is 22.6. The van der Waals surface area contributed by atoms with Gasteiger partial charge in [0.1, 0.15) is 24.0 Å². The molecule has 318 valence electrons. The van der Waals surface area contributed by atoms with Crippen molar-refractivity contribution in [2.75, 3.05) is 27.9 Å². The molecule has 3 rings (SSSR count). The number of hydrogen-bond donors (Lipinski definition) is 2. The van der Waals surface area contributed by atoms with Gasteiger partial charge >= 0.3 is 5.97 Å². The van der Waals surface area contributed by atoms with Crippen molar-refractivity contribution in [3.8, 4) is 0 Å². The molecule has 2 heterocycles. The summed E-state index contributed by atoms with van der Waals surface area (Å²) >= 11 is 6.51. The van der Waals surface area contributed by atoms with Crippen molar-refractivity contribution in [3.05, 3.63) is 23.3 Å². The first-order valence-corrected chi connectivity index (χ1v) is 21.0. The third-order valence-corrected chi connectivity index (χ3v) is 12.7. The molecule has 0 unspecified atom stereocenters. The summed E-state index contributed by atoms with van der Waals surface area (Å²) < 4.78 is 23.1. The van der Waals surface area contributed by atoms with Crippen LogP contribution in [0.25, 0.3) is 0 Å². The summed E-state index contributed by atoms with van der Waals surface area (Å²) in [5, 5.41) is 22.9. The fourth-order valence-electron chi connectivity index (χ4n) is 8.75. The van der Waals surface area contributed by atoms with Crippen molar-refractivity contribution in [3.63, 3.8) is 0 Å². The zero-order chi connectivity index (χ0) is 41.9. The van der Waals surface area contributed by atoms with E-state index in [0.29, 0.717) is 44.1 Å². The number of methoxy groups -OCH3 is 3. The lowest BCUT2D eigenvalue weighted by molar-refractivity contribution is -0.165. The number of hydrogen-bond acceptors (Lipinski definition) is 11. The van der Waals surface area contributed by atoms with Gasteiger partial charge in [0, 0.05) is 52.0 Å². The minimum absolute atomic E-state index is 0.0304. The Labute approximate surface area is 339 Å². The molecule has 1 amide bonds. The number of carbonyl (C=O) groups excluding carboxylic acids is 5. The molecule has 0 aromatic heterocycles. The molecule has 56 heavy (non-hydrogen) atoms. The molecule has 13 heteroatoms. The van der Waals surface area contributed by atoms with E-state index in [2.05, 4.69) is 0 Å². The normalized spacial score (nSPS) is 38.4. The number of halogens is 1. The zero-order valence-corrected chi connectivity index (χ0v) is 35.8. The van der Waals surface area contributed by atoms with Crippen LogP contribution < -0.4 is 0 Å². The predicted octanol–water partition coefficient (Wildman–Crippen LogP) is 5.56. The predicted molar refractivity (Wildman–Crippen MR) is 213 cm³/mol. The molecule has 0 aromatic carbocycles. The maximum atomic E-state index is 14.1. The van der Waals surface area contributed by atoms with Gasteiger partial charge in [-0.2, -0.15) is 0 Å². The molecule has 1 saturated heterocycles. The van der Waals surface area contributed by atoms with E-state index in [9.17, 15) is 34.2 Å². The Morgan fingerprint density at radius 1 is 0.911 bits per heavy atom. The number of esters is 1. The molecule has 2 fully saturated rings. The van der Waals surface area contributed by atoms with Gasteiger partial charge in [0.05, 0.1) is 29.8 Å². The van der Waals surface area contributed by atoms with Gasteiger partial charge in [0.15, 0.2) is 0 Å². The van der Waals surface area contributed by atoms with Gasteiger partial charge in [-0.15, -0.1) is 11.6 Å². The Morgan fingerprint density at radius 2 is 1.55 bits per heavy atom. The Kier molecular flexibility index (Phi) is 19.3. The number of aliphatic hydroxyl groups excluding tert-OH is 2. The quantitative estimate of drug-likeness (QED) is 0.149. The molecule has 13 atom stereocenters. The van der Waals surface area contributed by atoms with Crippen molar-refractivity contribution >= 4 is 40.8 Å². The number of nitrogens with zero attached hydrogens (tertiary/aromatic N) is 1. The van der Waals surface area contributed by atoms with E-state index in [0.717, 1.165) is 23.3 Å². The maximum Gasteiger partial charge on any atom is 0.329 e. The highest BCUT2D eigenvalue weighted by atomic mass is 35.5. The minimum Gasteiger partial charge on any atom is -0.456 e. The molecular weight excluding hydrogens is 742 g/mol. The monoisotopic (exact) mass is 809 g/mol. The fourth-order valence-corrected chi connectivity index (χ4v) is 9.08. The summed E-state index contributed by atoms with van der Waals surface area (Å²) in [6.45, 7) is 11.1. The maximum absolute atomic E-state index is 14.1. The third kappa shape index (κ3) is 12.8. The standard InChI is InChI=1S/C43H68ClNO11/c1-10-30-18-24(2)17-25(3)19-36(54-8)39(49)37(55-9)21-26(4)38(48)40(50)42(51)45-16-12-11-13-32(45)43(52)56-41(28(6)33(46)23-34(30)47)27(5)20-29-14-15-31(44)35(22-29)53-7/h18,20,25-26,28-33,35-37,39,41,46,49H,10-17,19,21-23H2,1-9H3/b24-18+,27-20+/t25-,26+,28+,29-,30+,31-,32-,33-,35+,36-,37-,39+,41+/m0/s1. The van der Waals surface area contributed by atoms with Crippen LogP contribution in [-0.4, -0.2) is 120 Å². The van der Waals surface area contributed by atoms with Gasteiger partial charge in [-0.1, -0.05) is 45.4 Å². The van der Waals surface area contributed by atoms with Gasteiger partial charge in [-0.05, 0) is 95.5 Å². The molecule has 2 aliphatic heterocycles. The van der Waals surface area contributed by atoms with Gasteiger partial charge < -0.3 is 34.1 Å². The first-order chi connectivity index (χ1) is 26.5. The summed E-state index contributed by atoms with van der Waals surface area (Å²) in [5.74, 6) is -6.19. The van der Waals surface area contributed by atoms with Crippen LogP contribution in [0.2, 0.25) is 0 Å². The summed E-state index contributed by atoms with van der Waals surface area (Å²) in [6.07, 6.45) is 3.94. The molecular formula is C43H68ClNO11. The van der Waals surface area contributed by atoms with Crippen molar-refractivity contribution in [2.24, 2.45) is 29.6 Å². The van der Waals surface area contributed by atoms with Crippen molar-refractivity contribution in [1.29, 1.82) is 0 Å². The third-order valence-electron chi connectivity index (χ3n) is 12.2. The number of rotatable bonds is 6. The fraction of sp³-hybridized carbons (Fsp3) is 0.791. The highest BCUT2D eigenvalue weighted by Gasteiger charge is 2.42. The van der Waals surface area contributed by atoms with E-state index in [1.54, 1.807) is 14.0 Å². The lowest BCUT2D eigenvalue weighted by Gasteiger charge is -2.36. The largest absolute Gasteiger partial charge is 0.456 e. The van der Waals surface area contributed by atoms with E-state index >= 15 is 0 Å². The summed E-state index contributed by atoms with van der Waals surface area (Å²) in [6, 6.07) is -1.13. The number of aliphatic hydroxyl groups is 2. The number of ketones is 3. The lowest BCUT2D eigenvalue weighted by atomic mass is 9.82. The van der Waals surface area contributed by atoms with Crippen molar-refractivity contribution in [2.45, 2.75) is 160 Å². The average molecular weight is 810 g/mol. The number of carbonyl (C=O) groups is 5. The summed E-state index contributed by atoms with van der Waals surface area (Å²) in [7, 11) is 4.52. The first-order valence-electron chi connectivity index (χ1n) is 20.5. The van der Waals surface area contributed by atoms with Crippen LogP contribution in [0, 0.1) is 29.6 Å². The molecule has 0 bridgehead atoms. The number of cyclic esters (lactones) is 1. The number of amides is 1. The number of alkyl halides is 1. The van der Waals surface area contributed by atoms with Crippen molar-refractivity contribution < 1.29 is 53.1 Å². The van der Waals surface area contributed by atoms with Crippen LogP contribution in [0.4, 0.5) is 0 Å². The Morgan fingerprint density at radius 3 is 2.18 bits per heavy atom. The van der Waals surface area contributed by atoms with E-state index in [4.69, 9.17) is 30.5 Å². The van der Waals surface area contributed by atoms with Crippen LogP contribution in [-0.2, 0) is 42.9 Å². The minimum atomic E-state index is -1.25. The van der Waals surface area contributed by atoms with Crippen molar-refractivity contribution in [1.82, 2.24) is 4.90 Å². The molecule has 0 aromatic rings. The van der Waals surface area contributed by atoms with E-state index < -0.39 is 77.8 Å². The molecule has 12 nitrogen and oxygen atoms in total. The number of Topliss-reactive ketones (excluding diaryl/α,β-unsaturated/α-hetero) is 3. The highest BCUT2D eigenvalue weighted by Crippen LogP contribution is 2.34. The molecule has 2 N–H and O–H groups in total. The Hall–Kier alpha value is -2.48. The van der Waals surface area contributed by atoms with E-state index in [1.165, 1.54) is 21.1 Å². The van der Waals surface area contributed by atoms with Gasteiger partial charge in [-0.3, -0.25) is 19.2 Å². The Bertz CT molecular complexity index is 1420. The van der Waals surface area contributed by atoms with Crippen LogP contribution in [0.15, 0.2) is 23.3 Å². The van der Waals surface area contributed by atoms with Crippen LogP contribution in [0.1, 0.15) is 112 Å². The van der Waals surface area contributed by atoms with Gasteiger partial charge in [0.25, 0.3) is 11.7 Å². The zero-order valence-electron chi connectivity index (χ0n) is 35.0. The van der Waals surface area contributed by atoms with Gasteiger partial charge in [-0.25, -0.2) is 4.79 Å². The number of fused-ring (bicyclic) bond motifs is 1. The van der Waals surface area contributed by atoms with Crippen LogP contribution >= 0.6 is 11.6 Å². The lowest BCUT2D eigenvalue weighted by Crippen LogP contribution is -2.53. The SMILES string of the molecule is CC[C@@H]1/C=C(\C)C[C@H](C)C[C@H](OC)[C@@H](O)[C@@H](OC)C[C@@H](C)C(=O)C(=O)C(=O)N2CCCC[C@H]2C(=O)O[C@H](/C(C)=C/[C@@H]2CC[C@H](Cl)[C@H](OC)C2)[C@H](C)[C@@H](O)CC1=O. The second-order valence-electron chi connectivity index (χ2n) is 16.7. The molecule has 1 saturated carbocycles. The topological polar surface area (TPSA) is 166 Å². The second-order valence-corrected chi connectivity index (χ2v) is 17.2. The molecule has 1 aliphatic carbocycles. The number of piperidine rings is 1. The molecule has 0 spiro atoms.